The number of halogens is 1. The minimum Gasteiger partial charge on any atom is -0.462 e. The van der Waals surface area contributed by atoms with Gasteiger partial charge in [0.1, 0.15) is 23.8 Å². The van der Waals surface area contributed by atoms with Gasteiger partial charge in [0.15, 0.2) is 11.6 Å². The summed E-state index contributed by atoms with van der Waals surface area (Å²) >= 11 is 0. The maximum Gasteiger partial charge on any atom is 0.257 e. The summed E-state index contributed by atoms with van der Waals surface area (Å²) in [5, 5.41) is 5.53. The van der Waals surface area contributed by atoms with Crippen LogP contribution in [0, 0.1) is 17.7 Å². The highest BCUT2D eigenvalue weighted by Gasteiger charge is 2.49. The van der Waals surface area contributed by atoms with E-state index in [4.69, 9.17) is 30.2 Å². The van der Waals surface area contributed by atoms with E-state index in [1.807, 2.05) is 75.6 Å². The third-order valence-corrected chi connectivity index (χ3v) is 14.9. The van der Waals surface area contributed by atoms with Crippen LogP contribution in [-0.4, -0.2) is 118 Å². The van der Waals surface area contributed by atoms with E-state index in [0.717, 1.165) is 88.4 Å². The number of likely N-dealkylation sites (tertiary alicyclic amines) is 2. The van der Waals surface area contributed by atoms with Gasteiger partial charge in [0, 0.05) is 107 Å². The molecule has 0 radical (unpaired) electrons. The largest absolute Gasteiger partial charge is 0.462 e. The van der Waals surface area contributed by atoms with Crippen LogP contribution in [0.15, 0.2) is 72.9 Å². The predicted octanol–water partition coefficient (Wildman–Crippen LogP) is 6.48. The number of methoxy groups -OCH3 is 1. The second-order valence-corrected chi connectivity index (χ2v) is 19.3. The van der Waals surface area contributed by atoms with E-state index in [2.05, 4.69) is 37.6 Å². The van der Waals surface area contributed by atoms with Gasteiger partial charge >= 0.3 is 0 Å². The van der Waals surface area contributed by atoms with Gasteiger partial charge in [-0.05, 0) is 105 Å². The number of piperidine rings is 2. The maximum absolute atomic E-state index is 16.1. The van der Waals surface area contributed by atoms with Gasteiger partial charge in [-0.25, -0.2) is 19.3 Å². The highest BCUT2D eigenvalue weighted by Crippen LogP contribution is 2.40. The summed E-state index contributed by atoms with van der Waals surface area (Å²) in [6.07, 6.45) is 7.82. The Morgan fingerprint density at radius 2 is 1.60 bits per heavy atom. The number of carbonyl (C=O) groups excluding carboxylic acids is 2. The quantitative estimate of drug-likeness (QED) is 0.122. The molecule has 4 fully saturated rings. The molecular formula is C51H55FN12O4. The normalized spacial score (nSPS) is 20.5. The highest BCUT2D eigenvalue weighted by atomic mass is 19.1. The van der Waals surface area contributed by atoms with E-state index in [1.165, 1.54) is 18.9 Å². The molecule has 2 bridgehead atoms. The number of imidazole rings is 2. The number of pyridine rings is 2. The molecule has 4 aliphatic rings. The first-order valence-electron chi connectivity index (χ1n) is 23.9. The molecule has 2 saturated heterocycles. The topological polar surface area (TPSA) is 168 Å². The molecule has 17 heteroatoms. The Balaban J connectivity index is 0.753. The van der Waals surface area contributed by atoms with Gasteiger partial charge in [-0.2, -0.15) is 4.98 Å². The van der Waals surface area contributed by atoms with Crippen LogP contribution >= 0.6 is 0 Å². The number of nitrogens with two attached hydrogens (primary N) is 1. The first-order valence-corrected chi connectivity index (χ1v) is 23.9. The van der Waals surface area contributed by atoms with Gasteiger partial charge < -0.3 is 43.3 Å². The van der Waals surface area contributed by atoms with Gasteiger partial charge in [-0.15, -0.1) is 0 Å². The van der Waals surface area contributed by atoms with Crippen LogP contribution in [0.1, 0.15) is 59.2 Å². The fourth-order valence-corrected chi connectivity index (χ4v) is 11.2. The van der Waals surface area contributed by atoms with Gasteiger partial charge in [0.05, 0.1) is 45.6 Å². The van der Waals surface area contributed by atoms with Crippen molar-refractivity contribution >= 4 is 55.9 Å². The Morgan fingerprint density at radius 3 is 2.40 bits per heavy atom. The Morgan fingerprint density at radius 1 is 0.824 bits per heavy atom. The van der Waals surface area contributed by atoms with E-state index in [0.29, 0.717) is 61.2 Å². The molecule has 8 heterocycles. The molecule has 16 nitrogen and oxygen atoms in total. The van der Waals surface area contributed by atoms with E-state index in [1.54, 1.807) is 13.2 Å². The van der Waals surface area contributed by atoms with Crippen molar-refractivity contribution in [2.24, 2.45) is 31.7 Å². The molecule has 68 heavy (non-hydrogen) atoms. The standard InChI is InChI=1S/C51H55FN12O4/c1-59-39-13-10-32(50(65)61-17-5-7-34(53)27-61)20-37(39)56-48(59)42-22-31-12-15-44(58-47(31)62(42)18-19-67-3)68-28-55-45-33-11-14-40(45)64(26-33)51(66)35-23-38-41(24-36(35)52)60(2)49(57-38)43-21-30-6-4-16-54-46(30)63(43)25-29-8-9-29/h4,6,10,12-13,15-16,20-24,29,33-34,40,45,55H,5,7-9,11,14,17-19,25-28,53H2,1-3H3/t33-,34-,40-,45-/m1/s1. The third kappa shape index (κ3) is 7.29. The lowest BCUT2D eigenvalue weighted by molar-refractivity contribution is 0.0688. The van der Waals surface area contributed by atoms with Crippen LogP contribution in [-0.2, 0) is 31.9 Å². The molecule has 0 spiro atoms. The van der Waals surface area contributed by atoms with Gasteiger partial charge in [0.2, 0.25) is 5.88 Å². The summed E-state index contributed by atoms with van der Waals surface area (Å²) in [5.74, 6) is 1.83. The van der Waals surface area contributed by atoms with Crippen LogP contribution in [0.4, 0.5) is 4.39 Å². The summed E-state index contributed by atoms with van der Waals surface area (Å²) in [6.45, 7) is 3.82. The Hall–Kier alpha value is -6.69. The lowest BCUT2D eigenvalue weighted by Gasteiger charge is -2.30. The zero-order chi connectivity index (χ0) is 46.4. The molecule has 2 saturated carbocycles. The number of benzene rings is 2. The number of ether oxygens (including phenoxy) is 2. The molecule has 2 aromatic carbocycles. The van der Waals surface area contributed by atoms with Crippen molar-refractivity contribution in [3.05, 3.63) is 89.9 Å². The van der Waals surface area contributed by atoms with Crippen LogP contribution in [0.2, 0.25) is 0 Å². The SMILES string of the molecule is COCCn1c(-c2nc3cc(C(=O)N4CCC[C@@H](N)C4)ccc3n2C)cc2ccc(OCN[C@@H]3[C@@H]4CC[C@H]3N(C(=O)c3cc5nc(-c6cc7cccnc7n6CC6CC6)n(C)c5cc3F)C4)nc21. The number of hydrogen-bond donors (Lipinski definition) is 2. The number of rotatable bonds is 13. The number of aryl methyl sites for hydroxylation is 2. The van der Waals surface area contributed by atoms with Crippen molar-refractivity contribution in [2.75, 3.05) is 40.1 Å². The zero-order valence-electron chi connectivity index (χ0n) is 38.6. The maximum atomic E-state index is 16.1. The smallest absolute Gasteiger partial charge is 0.257 e. The Bertz CT molecular complexity index is 3290. The average Bonchev–Trinajstić information content (AvgIpc) is 3.69. The van der Waals surface area contributed by atoms with E-state index >= 15 is 4.39 Å². The molecule has 6 aromatic heterocycles. The molecule has 350 valence electrons. The molecule has 4 atom stereocenters. The van der Waals surface area contributed by atoms with Crippen molar-refractivity contribution in [1.29, 1.82) is 0 Å². The monoisotopic (exact) mass is 918 g/mol. The lowest BCUT2D eigenvalue weighted by Crippen LogP contribution is -2.45. The van der Waals surface area contributed by atoms with Crippen molar-refractivity contribution in [3.8, 4) is 28.9 Å². The van der Waals surface area contributed by atoms with Gasteiger partial charge in [-0.1, -0.05) is 0 Å². The molecule has 2 aliphatic heterocycles. The van der Waals surface area contributed by atoms with Crippen LogP contribution in [0.3, 0.4) is 0 Å². The van der Waals surface area contributed by atoms with Crippen LogP contribution in [0.5, 0.6) is 5.88 Å². The summed E-state index contributed by atoms with van der Waals surface area (Å²) < 4.78 is 36.2. The number of fused-ring (bicyclic) bond motifs is 6. The van der Waals surface area contributed by atoms with E-state index < -0.39 is 5.82 Å². The van der Waals surface area contributed by atoms with E-state index in [-0.39, 0.29) is 48.2 Å². The van der Waals surface area contributed by atoms with Gasteiger partial charge in [0.25, 0.3) is 11.8 Å². The molecule has 3 N–H and O–H groups in total. The third-order valence-electron chi connectivity index (χ3n) is 14.9. The van der Waals surface area contributed by atoms with Crippen LogP contribution in [0.25, 0.3) is 67.2 Å². The number of aromatic nitrogens is 8. The highest BCUT2D eigenvalue weighted by molar-refractivity contribution is 6.00. The lowest BCUT2D eigenvalue weighted by atomic mass is 10.1. The number of carbonyl (C=O) groups is 2. The second-order valence-electron chi connectivity index (χ2n) is 19.3. The minimum atomic E-state index is -0.552. The molecule has 0 unspecified atom stereocenters. The van der Waals surface area contributed by atoms with Gasteiger partial charge in [-0.3, -0.25) is 14.9 Å². The fraction of sp³-hybridized carbons (Fsp3) is 0.412. The number of amides is 2. The first kappa shape index (κ1) is 42.6. The number of nitrogens with zero attached hydrogens (tertiary/aromatic N) is 10. The minimum absolute atomic E-state index is 0.000926. The van der Waals surface area contributed by atoms with Crippen molar-refractivity contribution in [2.45, 2.75) is 69.7 Å². The summed E-state index contributed by atoms with van der Waals surface area (Å²) in [5.41, 5.74) is 13.1. The second kappa shape index (κ2) is 16.8. The molecule has 2 aliphatic carbocycles. The summed E-state index contributed by atoms with van der Waals surface area (Å²) in [7, 11) is 5.55. The van der Waals surface area contributed by atoms with Crippen molar-refractivity contribution in [1.82, 2.24) is 53.3 Å². The fourth-order valence-electron chi connectivity index (χ4n) is 11.2. The first-order chi connectivity index (χ1) is 33.1. The van der Waals surface area contributed by atoms with Crippen molar-refractivity contribution in [3.63, 3.8) is 0 Å². The molecule has 8 aromatic rings. The van der Waals surface area contributed by atoms with E-state index in [9.17, 15) is 9.59 Å². The summed E-state index contributed by atoms with van der Waals surface area (Å²) in [6, 6.07) is 20.7. The molecule has 12 rings (SSSR count). The summed E-state index contributed by atoms with van der Waals surface area (Å²) in [4.78, 5) is 51.1. The average molecular weight is 919 g/mol. The number of hydrogen-bond acceptors (Lipinski definition) is 10. The number of nitrogens with one attached hydrogen (secondary N) is 1. The predicted molar refractivity (Wildman–Crippen MR) is 257 cm³/mol. The molecule has 2 amide bonds. The van der Waals surface area contributed by atoms with Crippen LogP contribution < -0.4 is 15.8 Å². The Labute approximate surface area is 391 Å². The van der Waals surface area contributed by atoms with Crippen molar-refractivity contribution < 1.29 is 23.5 Å². The zero-order valence-corrected chi connectivity index (χ0v) is 38.6. The Kier molecular flexibility index (Phi) is 10.5. The molecular weight excluding hydrogens is 864 g/mol.